The van der Waals surface area contributed by atoms with Crippen molar-refractivity contribution in [2.24, 2.45) is 0 Å². The van der Waals surface area contributed by atoms with Crippen LogP contribution in [0.1, 0.15) is 55.5 Å². The summed E-state index contributed by atoms with van der Waals surface area (Å²) in [5.74, 6) is 0.992. The molecule has 2 aliphatic rings. The summed E-state index contributed by atoms with van der Waals surface area (Å²) in [4.78, 5) is 36.9. The second-order valence-corrected chi connectivity index (χ2v) is 8.33. The number of hydrogen-bond acceptors (Lipinski definition) is 3. The average molecular weight is 383 g/mol. The predicted octanol–water partition coefficient (Wildman–Crippen LogP) is 3.12. The van der Waals surface area contributed by atoms with Crippen LogP contribution < -0.4 is 0 Å². The summed E-state index contributed by atoms with van der Waals surface area (Å²) < 4.78 is 0. The van der Waals surface area contributed by atoms with Gasteiger partial charge in [-0.2, -0.15) is 0 Å². The van der Waals surface area contributed by atoms with Crippen molar-refractivity contribution in [3.63, 3.8) is 0 Å². The van der Waals surface area contributed by atoms with Crippen LogP contribution in [0.2, 0.25) is 0 Å². The SMILES string of the molecule is Cc1cc2nc(CCC(=O)N3CCN(C4CCCCC4)C(=O)C3)[nH]c2cc1C. The number of imidazole rings is 1. The van der Waals surface area contributed by atoms with Crippen LogP contribution in [-0.2, 0) is 16.0 Å². The first kappa shape index (κ1) is 19.0. The van der Waals surface area contributed by atoms with Gasteiger partial charge in [0.2, 0.25) is 11.8 Å². The van der Waals surface area contributed by atoms with Gasteiger partial charge >= 0.3 is 0 Å². The van der Waals surface area contributed by atoms with E-state index in [4.69, 9.17) is 0 Å². The molecule has 2 heterocycles. The number of aromatic amines is 1. The Morgan fingerprint density at radius 1 is 1.14 bits per heavy atom. The highest BCUT2D eigenvalue weighted by molar-refractivity contribution is 5.86. The molecule has 1 aromatic carbocycles. The summed E-state index contributed by atoms with van der Waals surface area (Å²) >= 11 is 0. The molecule has 1 aliphatic heterocycles. The van der Waals surface area contributed by atoms with Crippen LogP contribution in [0.4, 0.5) is 0 Å². The van der Waals surface area contributed by atoms with Gasteiger partial charge in [0.15, 0.2) is 0 Å². The molecule has 28 heavy (non-hydrogen) atoms. The number of piperazine rings is 1. The molecule has 150 valence electrons. The lowest BCUT2D eigenvalue weighted by Gasteiger charge is -2.40. The van der Waals surface area contributed by atoms with Crippen molar-refractivity contribution in [2.45, 2.75) is 64.8 Å². The number of H-pyrrole nitrogens is 1. The fourth-order valence-corrected chi connectivity index (χ4v) is 4.50. The van der Waals surface area contributed by atoms with Crippen LogP contribution in [0, 0.1) is 13.8 Å². The van der Waals surface area contributed by atoms with Crippen LogP contribution in [-0.4, -0.2) is 57.3 Å². The number of benzene rings is 1. The summed E-state index contributed by atoms with van der Waals surface area (Å²) in [5, 5.41) is 0. The third kappa shape index (κ3) is 3.91. The quantitative estimate of drug-likeness (QED) is 0.883. The minimum Gasteiger partial charge on any atom is -0.342 e. The van der Waals surface area contributed by atoms with E-state index in [1.165, 1.54) is 30.4 Å². The van der Waals surface area contributed by atoms with E-state index in [0.717, 1.165) is 29.7 Å². The summed E-state index contributed by atoms with van der Waals surface area (Å²) in [5.41, 5.74) is 4.41. The molecule has 0 bridgehead atoms. The van der Waals surface area contributed by atoms with Crippen molar-refractivity contribution in [1.29, 1.82) is 0 Å². The number of carbonyl (C=O) groups excluding carboxylic acids is 2. The first-order chi connectivity index (χ1) is 13.5. The highest BCUT2D eigenvalue weighted by atomic mass is 16.2. The van der Waals surface area contributed by atoms with E-state index >= 15 is 0 Å². The average Bonchev–Trinajstić information content (AvgIpc) is 3.08. The first-order valence-electron chi connectivity index (χ1n) is 10.5. The van der Waals surface area contributed by atoms with Gasteiger partial charge in [-0.3, -0.25) is 9.59 Å². The maximum absolute atomic E-state index is 12.6. The number of hydrogen-bond donors (Lipinski definition) is 1. The highest BCUT2D eigenvalue weighted by Crippen LogP contribution is 2.24. The van der Waals surface area contributed by atoms with E-state index in [9.17, 15) is 9.59 Å². The maximum Gasteiger partial charge on any atom is 0.242 e. The molecule has 0 spiro atoms. The molecule has 2 aromatic rings. The minimum atomic E-state index is 0.0458. The van der Waals surface area contributed by atoms with Crippen molar-refractivity contribution in [3.05, 3.63) is 29.1 Å². The van der Waals surface area contributed by atoms with Crippen molar-refractivity contribution in [3.8, 4) is 0 Å². The Bertz CT molecular complexity index is 843. The van der Waals surface area contributed by atoms with E-state index in [0.29, 0.717) is 32.0 Å². The molecule has 6 nitrogen and oxygen atoms in total. The molecule has 1 aliphatic carbocycles. The molecule has 0 atom stereocenters. The lowest BCUT2D eigenvalue weighted by atomic mass is 9.93. The number of rotatable bonds is 4. The third-order valence-electron chi connectivity index (χ3n) is 6.35. The molecule has 2 fully saturated rings. The van der Waals surface area contributed by atoms with Gasteiger partial charge in [0.05, 0.1) is 17.6 Å². The Morgan fingerprint density at radius 3 is 2.64 bits per heavy atom. The van der Waals surface area contributed by atoms with Gasteiger partial charge in [-0.25, -0.2) is 4.98 Å². The van der Waals surface area contributed by atoms with E-state index in [1.807, 2.05) is 4.90 Å². The summed E-state index contributed by atoms with van der Waals surface area (Å²) in [6, 6.07) is 4.57. The van der Waals surface area contributed by atoms with E-state index in [-0.39, 0.29) is 18.4 Å². The van der Waals surface area contributed by atoms with Gasteiger partial charge in [0, 0.05) is 32.0 Å². The van der Waals surface area contributed by atoms with Gasteiger partial charge in [0.1, 0.15) is 5.82 Å². The molecule has 1 saturated heterocycles. The van der Waals surface area contributed by atoms with Gasteiger partial charge < -0.3 is 14.8 Å². The zero-order chi connectivity index (χ0) is 19.7. The summed E-state index contributed by atoms with van der Waals surface area (Å²) in [6.45, 7) is 5.73. The number of fused-ring (bicyclic) bond motifs is 1. The number of aromatic nitrogens is 2. The second kappa shape index (κ2) is 7.94. The Morgan fingerprint density at radius 2 is 1.89 bits per heavy atom. The maximum atomic E-state index is 12.6. The number of carbonyl (C=O) groups is 2. The molecule has 0 radical (unpaired) electrons. The molecule has 6 heteroatoms. The number of nitrogens with one attached hydrogen (secondary N) is 1. The Hall–Kier alpha value is -2.37. The lowest BCUT2D eigenvalue weighted by Crippen LogP contribution is -2.55. The van der Waals surface area contributed by atoms with Crippen LogP contribution in [0.15, 0.2) is 12.1 Å². The molecule has 1 aromatic heterocycles. The van der Waals surface area contributed by atoms with Gasteiger partial charge in [0.25, 0.3) is 0 Å². The molecular weight excluding hydrogens is 352 g/mol. The van der Waals surface area contributed by atoms with Crippen LogP contribution in [0.5, 0.6) is 0 Å². The third-order valence-corrected chi connectivity index (χ3v) is 6.35. The summed E-state index contributed by atoms with van der Waals surface area (Å²) in [7, 11) is 0. The minimum absolute atomic E-state index is 0.0458. The molecule has 2 amide bonds. The fourth-order valence-electron chi connectivity index (χ4n) is 4.50. The summed E-state index contributed by atoms with van der Waals surface area (Å²) in [6.07, 6.45) is 6.90. The topological polar surface area (TPSA) is 69.3 Å². The van der Waals surface area contributed by atoms with Crippen molar-refractivity contribution >= 4 is 22.8 Å². The van der Waals surface area contributed by atoms with Gasteiger partial charge in [-0.15, -0.1) is 0 Å². The zero-order valence-corrected chi connectivity index (χ0v) is 17.0. The first-order valence-corrected chi connectivity index (χ1v) is 10.5. The monoisotopic (exact) mass is 382 g/mol. The second-order valence-electron chi connectivity index (χ2n) is 8.33. The van der Waals surface area contributed by atoms with E-state index in [2.05, 4.69) is 35.9 Å². The Kier molecular flexibility index (Phi) is 5.38. The molecule has 1 saturated carbocycles. The number of nitrogens with zero attached hydrogens (tertiary/aromatic N) is 3. The van der Waals surface area contributed by atoms with Gasteiger partial charge in [-0.1, -0.05) is 19.3 Å². The van der Waals surface area contributed by atoms with Crippen molar-refractivity contribution < 1.29 is 9.59 Å². The Balaban J connectivity index is 1.32. The van der Waals surface area contributed by atoms with Crippen molar-refractivity contribution in [2.75, 3.05) is 19.6 Å². The normalized spacial score (nSPS) is 18.9. The fraction of sp³-hybridized carbons (Fsp3) is 0.591. The van der Waals surface area contributed by atoms with E-state index in [1.54, 1.807) is 4.90 Å². The molecule has 4 rings (SSSR count). The lowest BCUT2D eigenvalue weighted by molar-refractivity contribution is -0.147. The van der Waals surface area contributed by atoms with Crippen LogP contribution >= 0.6 is 0 Å². The smallest absolute Gasteiger partial charge is 0.242 e. The van der Waals surface area contributed by atoms with Gasteiger partial charge in [-0.05, 0) is 49.9 Å². The molecule has 1 N–H and O–H groups in total. The largest absolute Gasteiger partial charge is 0.342 e. The Labute approximate surface area is 166 Å². The number of aryl methyl sites for hydroxylation is 3. The zero-order valence-electron chi connectivity index (χ0n) is 17.0. The molecular formula is C22H30N4O2. The predicted molar refractivity (Wildman–Crippen MR) is 109 cm³/mol. The van der Waals surface area contributed by atoms with Crippen molar-refractivity contribution in [1.82, 2.24) is 19.8 Å². The van der Waals surface area contributed by atoms with Crippen LogP contribution in [0.3, 0.4) is 0 Å². The highest BCUT2D eigenvalue weighted by Gasteiger charge is 2.32. The molecule has 0 unspecified atom stereocenters. The van der Waals surface area contributed by atoms with Crippen LogP contribution in [0.25, 0.3) is 11.0 Å². The van der Waals surface area contributed by atoms with E-state index < -0.39 is 0 Å². The standard InChI is InChI=1S/C22H30N4O2/c1-15-12-18-19(13-16(15)2)24-20(23-18)8-9-21(27)25-10-11-26(22(28)14-25)17-6-4-3-5-7-17/h12-13,17H,3-11,14H2,1-2H3,(H,23,24). The number of amides is 2.